The number of fused-ring (bicyclic) bond motifs is 1. The highest BCUT2D eigenvalue weighted by Gasteiger charge is 2.19. The summed E-state index contributed by atoms with van der Waals surface area (Å²) in [6.45, 7) is 2.06. The molecule has 3 rings (SSSR count). The van der Waals surface area contributed by atoms with Gasteiger partial charge in [0.2, 0.25) is 0 Å². The highest BCUT2D eigenvalue weighted by atomic mass is 16.5. The van der Waals surface area contributed by atoms with Crippen molar-refractivity contribution in [3.05, 3.63) is 29.3 Å². The molecule has 86 valence electrons. The second kappa shape index (κ2) is 4.46. The Balaban J connectivity index is 1.76. The van der Waals surface area contributed by atoms with Gasteiger partial charge in [-0.25, -0.2) is 0 Å². The SMILES string of the molecule is c1cc(CC2CCCCN2)c2c(c1)OCC2. The van der Waals surface area contributed by atoms with Gasteiger partial charge in [0.25, 0.3) is 0 Å². The molecule has 1 fully saturated rings. The predicted molar refractivity (Wildman–Crippen MR) is 65.0 cm³/mol. The molecule has 2 aliphatic heterocycles. The fourth-order valence-corrected chi connectivity index (χ4v) is 2.85. The van der Waals surface area contributed by atoms with Crippen LogP contribution in [0.3, 0.4) is 0 Å². The molecule has 1 aromatic rings. The standard InChI is InChI=1S/C14H19NO/c1-2-8-15-12(5-1)10-11-4-3-6-14-13(11)7-9-16-14/h3-4,6,12,15H,1-2,5,7-10H2. The summed E-state index contributed by atoms with van der Waals surface area (Å²) < 4.78 is 5.61. The summed E-state index contributed by atoms with van der Waals surface area (Å²) in [5.41, 5.74) is 2.95. The van der Waals surface area contributed by atoms with Crippen LogP contribution in [0.4, 0.5) is 0 Å². The molecule has 2 heterocycles. The summed E-state index contributed by atoms with van der Waals surface area (Å²) in [7, 11) is 0. The normalized spacial score (nSPS) is 23.9. The molecule has 1 N–H and O–H groups in total. The van der Waals surface area contributed by atoms with Gasteiger partial charge in [0.1, 0.15) is 5.75 Å². The maximum absolute atomic E-state index is 5.61. The number of piperidine rings is 1. The Morgan fingerprint density at radius 2 is 2.31 bits per heavy atom. The van der Waals surface area contributed by atoms with Crippen LogP contribution in [-0.4, -0.2) is 19.2 Å². The number of ether oxygens (including phenoxy) is 1. The monoisotopic (exact) mass is 217 g/mol. The lowest BCUT2D eigenvalue weighted by atomic mass is 9.94. The van der Waals surface area contributed by atoms with E-state index in [0.29, 0.717) is 6.04 Å². The molecular formula is C14H19NO. The van der Waals surface area contributed by atoms with Crippen LogP contribution in [0.5, 0.6) is 5.75 Å². The molecule has 1 unspecified atom stereocenters. The van der Waals surface area contributed by atoms with Gasteiger partial charge >= 0.3 is 0 Å². The van der Waals surface area contributed by atoms with E-state index in [1.165, 1.54) is 43.4 Å². The number of hydrogen-bond donors (Lipinski definition) is 1. The molecule has 1 saturated heterocycles. The van der Waals surface area contributed by atoms with E-state index in [-0.39, 0.29) is 0 Å². The topological polar surface area (TPSA) is 21.3 Å². The summed E-state index contributed by atoms with van der Waals surface area (Å²) in [5, 5.41) is 3.62. The Morgan fingerprint density at radius 3 is 3.19 bits per heavy atom. The minimum Gasteiger partial charge on any atom is -0.493 e. The Labute approximate surface area is 97.0 Å². The summed E-state index contributed by atoms with van der Waals surface area (Å²) >= 11 is 0. The quantitative estimate of drug-likeness (QED) is 0.820. The van der Waals surface area contributed by atoms with E-state index in [4.69, 9.17) is 4.74 Å². The van der Waals surface area contributed by atoms with E-state index in [0.717, 1.165) is 18.8 Å². The lowest BCUT2D eigenvalue weighted by Crippen LogP contribution is -2.35. The highest BCUT2D eigenvalue weighted by molar-refractivity contribution is 5.43. The van der Waals surface area contributed by atoms with E-state index >= 15 is 0 Å². The molecule has 2 nitrogen and oxygen atoms in total. The van der Waals surface area contributed by atoms with Gasteiger partial charge in [0, 0.05) is 18.0 Å². The van der Waals surface area contributed by atoms with Crippen LogP contribution in [0.2, 0.25) is 0 Å². The number of nitrogens with one attached hydrogen (secondary N) is 1. The van der Waals surface area contributed by atoms with Crippen molar-refractivity contribution in [3.63, 3.8) is 0 Å². The molecule has 0 saturated carbocycles. The van der Waals surface area contributed by atoms with Crippen molar-refractivity contribution in [1.82, 2.24) is 5.32 Å². The van der Waals surface area contributed by atoms with Gasteiger partial charge in [0.15, 0.2) is 0 Å². The molecule has 0 radical (unpaired) electrons. The van der Waals surface area contributed by atoms with Gasteiger partial charge in [-0.15, -0.1) is 0 Å². The van der Waals surface area contributed by atoms with Crippen LogP contribution in [0, 0.1) is 0 Å². The molecule has 0 aliphatic carbocycles. The Bertz CT molecular complexity index is 369. The van der Waals surface area contributed by atoms with Gasteiger partial charge in [-0.2, -0.15) is 0 Å². The van der Waals surface area contributed by atoms with Gasteiger partial charge in [0.05, 0.1) is 6.61 Å². The van der Waals surface area contributed by atoms with Crippen LogP contribution in [0.1, 0.15) is 30.4 Å². The molecule has 16 heavy (non-hydrogen) atoms. The van der Waals surface area contributed by atoms with Crippen LogP contribution in [-0.2, 0) is 12.8 Å². The average molecular weight is 217 g/mol. The van der Waals surface area contributed by atoms with Crippen molar-refractivity contribution in [2.45, 2.75) is 38.1 Å². The fraction of sp³-hybridized carbons (Fsp3) is 0.571. The van der Waals surface area contributed by atoms with E-state index in [1.807, 2.05) is 0 Å². The minimum atomic E-state index is 0.681. The van der Waals surface area contributed by atoms with Gasteiger partial charge in [-0.3, -0.25) is 0 Å². The van der Waals surface area contributed by atoms with E-state index in [2.05, 4.69) is 23.5 Å². The number of hydrogen-bond acceptors (Lipinski definition) is 2. The summed E-state index contributed by atoms with van der Waals surface area (Å²) in [4.78, 5) is 0. The largest absolute Gasteiger partial charge is 0.493 e. The van der Waals surface area contributed by atoms with Crippen molar-refractivity contribution in [3.8, 4) is 5.75 Å². The van der Waals surface area contributed by atoms with Crippen molar-refractivity contribution >= 4 is 0 Å². The molecule has 0 amide bonds. The maximum atomic E-state index is 5.61. The van der Waals surface area contributed by atoms with Crippen LogP contribution in [0.25, 0.3) is 0 Å². The van der Waals surface area contributed by atoms with Crippen molar-refractivity contribution < 1.29 is 4.74 Å². The zero-order valence-corrected chi connectivity index (χ0v) is 9.67. The molecule has 0 aromatic heterocycles. The smallest absolute Gasteiger partial charge is 0.122 e. The van der Waals surface area contributed by atoms with Crippen LogP contribution < -0.4 is 10.1 Å². The third-order valence-corrected chi connectivity index (χ3v) is 3.72. The third kappa shape index (κ3) is 1.94. The Hall–Kier alpha value is -1.02. The summed E-state index contributed by atoms with van der Waals surface area (Å²) in [6, 6.07) is 7.17. The zero-order chi connectivity index (χ0) is 10.8. The van der Waals surface area contributed by atoms with Gasteiger partial charge in [-0.1, -0.05) is 18.6 Å². The maximum Gasteiger partial charge on any atom is 0.122 e. The summed E-state index contributed by atoms with van der Waals surface area (Å²) in [5.74, 6) is 1.12. The second-order valence-electron chi connectivity index (χ2n) is 4.84. The Kier molecular flexibility index (Phi) is 2.83. The third-order valence-electron chi connectivity index (χ3n) is 3.72. The van der Waals surface area contributed by atoms with Crippen LogP contribution in [0.15, 0.2) is 18.2 Å². The first-order chi connectivity index (χ1) is 7.93. The van der Waals surface area contributed by atoms with Gasteiger partial charge < -0.3 is 10.1 Å². The average Bonchev–Trinajstić information content (AvgIpc) is 2.80. The lowest BCUT2D eigenvalue weighted by molar-refractivity contribution is 0.357. The zero-order valence-electron chi connectivity index (χ0n) is 9.67. The summed E-state index contributed by atoms with van der Waals surface area (Å²) in [6.07, 6.45) is 6.31. The Morgan fingerprint density at radius 1 is 1.31 bits per heavy atom. The molecule has 2 aliphatic rings. The first kappa shape index (κ1) is 10.2. The lowest BCUT2D eigenvalue weighted by Gasteiger charge is -2.24. The van der Waals surface area contributed by atoms with E-state index in [9.17, 15) is 0 Å². The van der Waals surface area contributed by atoms with Crippen molar-refractivity contribution in [2.24, 2.45) is 0 Å². The number of benzene rings is 1. The molecule has 1 aromatic carbocycles. The molecule has 0 spiro atoms. The molecular weight excluding hydrogens is 198 g/mol. The van der Waals surface area contributed by atoms with Crippen LogP contribution >= 0.6 is 0 Å². The predicted octanol–water partition coefficient (Wildman–Crippen LogP) is 2.31. The highest BCUT2D eigenvalue weighted by Crippen LogP contribution is 2.29. The first-order valence-corrected chi connectivity index (χ1v) is 6.40. The second-order valence-corrected chi connectivity index (χ2v) is 4.84. The first-order valence-electron chi connectivity index (χ1n) is 6.40. The molecule has 2 heteroatoms. The van der Waals surface area contributed by atoms with Crippen molar-refractivity contribution in [1.29, 1.82) is 0 Å². The van der Waals surface area contributed by atoms with Crippen molar-refractivity contribution in [2.75, 3.05) is 13.2 Å². The molecule has 0 bridgehead atoms. The van der Waals surface area contributed by atoms with Gasteiger partial charge in [-0.05, 0) is 37.4 Å². The number of rotatable bonds is 2. The molecule has 1 atom stereocenters. The van der Waals surface area contributed by atoms with E-state index in [1.54, 1.807) is 0 Å². The minimum absolute atomic E-state index is 0.681. The fourth-order valence-electron chi connectivity index (χ4n) is 2.85. The van der Waals surface area contributed by atoms with E-state index < -0.39 is 0 Å².